The van der Waals surface area contributed by atoms with Gasteiger partial charge in [0.25, 0.3) is 10.0 Å². The normalized spacial score (nSPS) is 13.3. The van der Waals surface area contributed by atoms with Gasteiger partial charge in [-0.25, -0.2) is 13.2 Å². The molecule has 0 atom stereocenters. The maximum Gasteiger partial charge on any atom is 0.341 e. The van der Waals surface area contributed by atoms with Crippen LogP contribution in [0.5, 0.6) is 5.75 Å². The lowest BCUT2D eigenvalue weighted by Gasteiger charge is -2.28. The number of carbonyl (C=O) groups is 1. The molecular formula is C22H22N2O5S2. The molecule has 0 bridgehead atoms. The number of nitrogens with one attached hydrogen (secondary N) is 1. The summed E-state index contributed by atoms with van der Waals surface area (Å²) in [5.41, 5.74) is 2.34. The van der Waals surface area contributed by atoms with E-state index in [1.165, 1.54) is 6.07 Å². The molecule has 2 heterocycles. The number of ether oxygens (including phenoxy) is 2. The molecule has 7 nitrogen and oxygen atoms in total. The Bertz CT molecular complexity index is 1210. The maximum absolute atomic E-state index is 13.2. The highest BCUT2D eigenvalue weighted by Gasteiger charge is 2.26. The standard InChI is InChI=1S/C22H22N2O5S2/c1-3-28-22(25)20-17(15-7-5-4-6-8-15)14-30-21(20)23-31(26,27)16-9-10-19-18(13-16)24(2)11-12-29-19/h4-10,13-14,23H,3,11-12H2,1-2H3. The smallest absolute Gasteiger partial charge is 0.341 e. The molecule has 1 aromatic heterocycles. The summed E-state index contributed by atoms with van der Waals surface area (Å²) >= 11 is 1.15. The Morgan fingerprint density at radius 2 is 2.00 bits per heavy atom. The monoisotopic (exact) mass is 458 g/mol. The number of hydrogen-bond donors (Lipinski definition) is 1. The summed E-state index contributed by atoms with van der Waals surface area (Å²) in [5.74, 6) is 0.0706. The van der Waals surface area contributed by atoms with Crippen LogP contribution in [0, 0.1) is 0 Å². The van der Waals surface area contributed by atoms with Crippen molar-refractivity contribution < 1.29 is 22.7 Å². The van der Waals surface area contributed by atoms with Crippen LogP contribution in [0.1, 0.15) is 17.3 Å². The van der Waals surface area contributed by atoms with Gasteiger partial charge in [0.1, 0.15) is 22.9 Å². The number of benzene rings is 2. The van der Waals surface area contributed by atoms with Crippen LogP contribution in [-0.4, -0.2) is 41.2 Å². The molecule has 0 aliphatic carbocycles. The van der Waals surface area contributed by atoms with Crippen LogP contribution in [0.3, 0.4) is 0 Å². The van der Waals surface area contributed by atoms with E-state index in [0.29, 0.717) is 30.2 Å². The first-order valence-electron chi connectivity index (χ1n) is 9.75. The van der Waals surface area contributed by atoms with Gasteiger partial charge >= 0.3 is 5.97 Å². The van der Waals surface area contributed by atoms with E-state index in [4.69, 9.17) is 9.47 Å². The van der Waals surface area contributed by atoms with E-state index in [-0.39, 0.29) is 22.1 Å². The molecular weight excluding hydrogens is 436 g/mol. The van der Waals surface area contributed by atoms with Crippen LogP contribution in [0.2, 0.25) is 0 Å². The number of hydrogen-bond acceptors (Lipinski definition) is 7. The Balaban J connectivity index is 1.73. The zero-order chi connectivity index (χ0) is 22.0. The Morgan fingerprint density at radius 3 is 2.74 bits per heavy atom. The molecule has 162 valence electrons. The lowest BCUT2D eigenvalue weighted by molar-refractivity contribution is 0.0529. The summed E-state index contributed by atoms with van der Waals surface area (Å²) in [7, 11) is -2.06. The van der Waals surface area contributed by atoms with Crippen molar-refractivity contribution in [3.05, 3.63) is 59.5 Å². The Labute approximate surface area is 185 Å². The molecule has 0 saturated heterocycles. The van der Waals surface area contributed by atoms with Gasteiger partial charge in [0.15, 0.2) is 0 Å². The van der Waals surface area contributed by atoms with Gasteiger partial charge in [0, 0.05) is 18.0 Å². The average Bonchev–Trinajstić information content (AvgIpc) is 3.17. The molecule has 0 spiro atoms. The van der Waals surface area contributed by atoms with Crippen molar-refractivity contribution >= 4 is 38.0 Å². The zero-order valence-electron chi connectivity index (χ0n) is 17.1. The molecule has 0 radical (unpaired) electrons. The third-order valence-corrected chi connectivity index (χ3v) is 7.29. The van der Waals surface area contributed by atoms with Gasteiger partial charge in [-0.3, -0.25) is 4.72 Å². The number of anilines is 2. The van der Waals surface area contributed by atoms with E-state index in [0.717, 1.165) is 16.9 Å². The van der Waals surface area contributed by atoms with Crippen molar-refractivity contribution in [3.8, 4) is 16.9 Å². The second-order valence-electron chi connectivity index (χ2n) is 6.95. The molecule has 0 fully saturated rings. The lowest BCUT2D eigenvalue weighted by atomic mass is 10.0. The molecule has 0 unspecified atom stereocenters. The van der Waals surface area contributed by atoms with E-state index in [9.17, 15) is 13.2 Å². The van der Waals surface area contributed by atoms with E-state index in [1.54, 1.807) is 24.4 Å². The molecule has 1 aliphatic rings. The van der Waals surface area contributed by atoms with Crippen LogP contribution < -0.4 is 14.4 Å². The van der Waals surface area contributed by atoms with E-state index >= 15 is 0 Å². The largest absolute Gasteiger partial charge is 0.490 e. The molecule has 2 aromatic carbocycles. The predicted octanol–water partition coefficient (Wildman–Crippen LogP) is 4.22. The predicted molar refractivity (Wildman–Crippen MR) is 122 cm³/mol. The van der Waals surface area contributed by atoms with E-state index in [2.05, 4.69) is 4.72 Å². The average molecular weight is 459 g/mol. The van der Waals surface area contributed by atoms with Crippen LogP contribution in [0.25, 0.3) is 11.1 Å². The third kappa shape index (κ3) is 4.24. The highest BCUT2D eigenvalue weighted by molar-refractivity contribution is 7.93. The number of thiophene rings is 1. The number of rotatable bonds is 6. The number of carbonyl (C=O) groups excluding carboxylic acids is 1. The molecule has 9 heteroatoms. The minimum atomic E-state index is -3.94. The number of fused-ring (bicyclic) bond motifs is 1. The Hall–Kier alpha value is -3.04. The maximum atomic E-state index is 13.2. The second kappa shape index (κ2) is 8.60. The molecule has 4 rings (SSSR count). The minimum Gasteiger partial charge on any atom is -0.490 e. The summed E-state index contributed by atoms with van der Waals surface area (Å²) in [6.45, 7) is 3.12. The number of esters is 1. The number of sulfonamides is 1. The Morgan fingerprint density at radius 1 is 1.23 bits per heavy atom. The summed E-state index contributed by atoms with van der Waals surface area (Å²) in [6.07, 6.45) is 0. The van der Waals surface area contributed by atoms with E-state index < -0.39 is 16.0 Å². The first-order chi connectivity index (χ1) is 14.9. The highest BCUT2D eigenvalue weighted by atomic mass is 32.2. The van der Waals surface area contributed by atoms with Gasteiger partial charge in [0.05, 0.1) is 23.7 Å². The first-order valence-corrected chi connectivity index (χ1v) is 12.1. The molecule has 1 N–H and O–H groups in total. The van der Waals surface area contributed by atoms with Crippen molar-refractivity contribution in [2.45, 2.75) is 11.8 Å². The van der Waals surface area contributed by atoms with Gasteiger partial charge in [-0.1, -0.05) is 30.3 Å². The van der Waals surface area contributed by atoms with Crippen LogP contribution in [0.4, 0.5) is 10.7 Å². The zero-order valence-corrected chi connectivity index (χ0v) is 18.8. The van der Waals surface area contributed by atoms with Crippen LogP contribution >= 0.6 is 11.3 Å². The van der Waals surface area contributed by atoms with Gasteiger partial charge < -0.3 is 14.4 Å². The molecule has 1 aliphatic heterocycles. The SMILES string of the molecule is CCOC(=O)c1c(-c2ccccc2)csc1NS(=O)(=O)c1ccc2c(c1)N(C)CCO2. The number of nitrogens with zero attached hydrogens (tertiary/aromatic N) is 1. The molecule has 0 amide bonds. The molecule has 31 heavy (non-hydrogen) atoms. The van der Waals surface area contributed by atoms with E-state index in [1.807, 2.05) is 42.3 Å². The molecule has 0 saturated carbocycles. The summed E-state index contributed by atoms with van der Waals surface area (Å²) in [4.78, 5) is 14.7. The Kier molecular flexibility index (Phi) is 5.88. The van der Waals surface area contributed by atoms with Crippen molar-refractivity contribution in [1.29, 1.82) is 0 Å². The fraction of sp³-hybridized carbons (Fsp3) is 0.227. The van der Waals surface area contributed by atoms with Crippen molar-refractivity contribution in [1.82, 2.24) is 0 Å². The van der Waals surface area contributed by atoms with Gasteiger partial charge in [-0.2, -0.15) is 0 Å². The van der Waals surface area contributed by atoms with Crippen molar-refractivity contribution in [2.24, 2.45) is 0 Å². The fourth-order valence-corrected chi connectivity index (χ4v) is 5.65. The lowest BCUT2D eigenvalue weighted by Crippen LogP contribution is -2.29. The minimum absolute atomic E-state index is 0.0908. The topological polar surface area (TPSA) is 84.9 Å². The summed E-state index contributed by atoms with van der Waals surface area (Å²) in [5, 5.41) is 1.98. The van der Waals surface area contributed by atoms with Crippen molar-refractivity contribution in [3.63, 3.8) is 0 Å². The highest BCUT2D eigenvalue weighted by Crippen LogP contribution is 2.38. The summed E-state index contributed by atoms with van der Waals surface area (Å²) in [6, 6.07) is 14.0. The van der Waals surface area contributed by atoms with Gasteiger partial charge in [0.2, 0.25) is 0 Å². The van der Waals surface area contributed by atoms with Crippen LogP contribution in [-0.2, 0) is 14.8 Å². The first kappa shape index (κ1) is 21.2. The van der Waals surface area contributed by atoms with Crippen LogP contribution in [0.15, 0.2) is 58.8 Å². The number of likely N-dealkylation sites (N-methyl/N-ethyl adjacent to an activating group) is 1. The van der Waals surface area contributed by atoms with Gasteiger partial charge in [-0.15, -0.1) is 11.3 Å². The summed E-state index contributed by atoms with van der Waals surface area (Å²) < 4.78 is 39.7. The second-order valence-corrected chi connectivity index (χ2v) is 9.51. The molecule has 3 aromatic rings. The fourth-order valence-electron chi connectivity index (χ4n) is 3.35. The van der Waals surface area contributed by atoms with Gasteiger partial charge in [-0.05, 0) is 30.7 Å². The van der Waals surface area contributed by atoms with Crippen molar-refractivity contribution in [2.75, 3.05) is 36.4 Å². The third-order valence-electron chi connectivity index (χ3n) is 4.92. The quantitative estimate of drug-likeness (QED) is 0.557.